The highest BCUT2D eigenvalue weighted by atomic mass is 16.5. The Morgan fingerprint density at radius 2 is 2.07 bits per heavy atom. The van der Waals surface area contributed by atoms with Gasteiger partial charge in [-0.3, -0.25) is 0 Å². The fourth-order valence-corrected chi connectivity index (χ4v) is 1.70. The molecule has 84 valence electrons. The zero-order chi connectivity index (χ0) is 11.4. The molecule has 1 rings (SSSR count). The lowest BCUT2D eigenvalue weighted by atomic mass is 10.00. The van der Waals surface area contributed by atoms with Crippen LogP contribution in [0.3, 0.4) is 0 Å². The zero-order valence-corrected chi connectivity index (χ0v) is 9.85. The highest BCUT2D eigenvalue weighted by Gasteiger charge is 2.12. The van der Waals surface area contributed by atoms with Gasteiger partial charge in [0.15, 0.2) is 0 Å². The standard InChI is InChI=1S/C12H19NO2/c1-8-7-11(15-4)9(2)12(14)10(8)5-6-13-3/h7,13-14H,5-6H2,1-4H3. The first-order chi connectivity index (χ1) is 7.11. The van der Waals surface area contributed by atoms with Crippen molar-refractivity contribution in [2.24, 2.45) is 0 Å². The average molecular weight is 209 g/mol. The molecule has 3 heteroatoms. The number of phenolic OH excluding ortho intramolecular Hbond substituents is 1. The van der Waals surface area contributed by atoms with E-state index in [2.05, 4.69) is 5.32 Å². The lowest BCUT2D eigenvalue weighted by Gasteiger charge is -2.14. The molecule has 15 heavy (non-hydrogen) atoms. The molecular formula is C12H19NO2. The van der Waals surface area contributed by atoms with Crippen LogP contribution in [-0.2, 0) is 6.42 Å². The van der Waals surface area contributed by atoms with E-state index in [0.717, 1.165) is 35.4 Å². The van der Waals surface area contributed by atoms with E-state index in [0.29, 0.717) is 5.75 Å². The van der Waals surface area contributed by atoms with Crippen LogP contribution < -0.4 is 10.1 Å². The Kier molecular flexibility index (Phi) is 3.97. The minimum Gasteiger partial charge on any atom is -0.507 e. The van der Waals surface area contributed by atoms with Crippen LogP contribution >= 0.6 is 0 Å². The van der Waals surface area contributed by atoms with Gasteiger partial charge in [0.1, 0.15) is 11.5 Å². The molecule has 3 nitrogen and oxygen atoms in total. The van der Waals surface area contributed by atoms with Crippen molar-refractivity contribution in [2.75, 3.05) is 20.7 Å². The summed E-state index contributed by atoms with van der Waals surface area (Å²) in [5.41, 5.74) is 2.89. The van der Waals surface area contributed by atoms with Gasteiger partial charge < -0.3 is 15.2 Å². The van der Waals surface area contributed by atoms with Gasteiger partial charge in [0.2, 0.25) is 0 Å². The quantitative estimate of drug-likeness (QED) is 0.794. The van der Waals surface area contributed by atoms with Gasteiger partial charge in [0.25, 0.3) is 0 Å². The van der Waals surface area contributed by atoms with Crippen LogP contribution in [0.15, 0.2) is 6.07 Å². The third-order valence-electron chi connectivity index (χ3n) is 2.68. The number of rotatable bonds is 4. The second kappa shape index (κ2) is 5.03. The van der Waals surface area contributed by atoms with Crippen LogP contribution in [-0.4, -0.2) is 25.8 Å². The molecule has 0 atom stereocenters. The first-order valence-electron chi connectivity index (χ1n) is 5.12. The van der Waals surface area contributed by atoms with E-state index < -0.39 is 0 Å². The Morgan fingerprint density at radius 3 is 2.60 bits per heavy atom. The van der Waals surface area contributed by atoms with Crippen LogP contribution in [0.4, 0.5) is 0 Å². The number of aryl methyl sites for hydroxylation is 1. The number of likely N-dealkylation sites (N-methyl/N-ethyl adjacent to an activating group) is 1. The highest BCUT2D eigenvalue weighted by Crippen LogP contribution is 2.33. The monoisotopic (exact) mass is 209 g/mol. The minimum absolute atomic E-state index is 0.363. The van der Waals surface area contributed by atoms with E-state index in [1.807, 2.05) is 27.0 Å². The molecule has 0 aliphatic rings. The van der Waals surface area contributed by atoms with Gasteiger partial charge >= 0.3 is 0 Å². The number of nitrogens with one attached hydrogen (secondary N) is 1. The number of methoxy groups -OCH3 is 1. The summed E-state index contributed by atoms with van der Waals surface area (Å²) in [6.45, 7) is 4.73. The minimum atomic E-state index is 0.363. The maximum absolute atomic E-state index is 10.0. The summed E-state index contributed by atoms with van der Waals surface area (Å²) in [4.78, 5) is 0. The van der Waals surface area contributed by atoms with Crippen LogP contribution in [0.25, 0.3) is 0 Å². The third-order valence-corrected chi connectivity index (χ3v) is 2.68. The Balaban J connectivity index is 3.11. The fourth-order valence-electron chi connectivity index (χ4n) is 1.70. The van der Waals surface area contributed by atoms with Gasteiger partial charge in [-0.15, -0.1) is 0 Å². The van der Waals surface area contributed by atoms with Gasteiger partial charge in [0, 0.05) is 5.56 Å². The van der Waals surface area contributed by atoms with Crippen molar-refractivity contribution in [1.82, 2.24) is 5.32 Å². The Labute approximate surface area is 91.1 Å². The summed E-state index contributed by atoms with van der Waals surface area (Å²) in [7, 11) is 3.53. The van der Waals surface area contributed by atoms with E-state index in [9.17, 15) is 5.11 Å². The van der Waals surface area contributed by atoms with Crippen LogP contribution in [0.2, 0.25) is 0 Å². The van der Waals surface area contributed by atoms with Crippen molar-refractivity contribution in [3.63, 3.8) is 0 Å². The summed E-state index contributed by atoms with van der Waals surface area (Å²) in [6, 6.07) is 1.97. The predicted molar refractivity (Wildman–Crippen MR) is 61.8 cm³/mol. The number of ether oxygens (including phenoxy) is 1. The number of hydrogen-bond donors (Lipinski definition) is 2. The Bertz CT molecular complexity index is 348. The third kappa shape index (κ3) is 2.42. The largest absolute Gasteiger partial charge is 0.507 e. The van der Waals surface area contributed by atoms with E-state index in [4.69, 9.17) is 4.74 Å². The van der Waals surface area contributed by atoms with Crippen molar-refractivity contribution >= 4 is 0 Å². The van der Waals surface area contributed by atoms with Gasteiger partial charge in [-0.1, -0.05) is 0 Å². The van der Waals surface area contributed by atoms with Gasteiger partial charge in [-0.2, -0.15) is 0 Å². The van der Waals surface area contributed by atoms with Crippen molar-refractivity contribution in [3.8, 4) is 11.5 Å². The molecule has 2 N–H and O–H groups in total. The molecule has 0 radical (unpaired) electrons. The molecule has 0 aliphatic carbocycles. The summed E-state index contributed by atoms with van der Waals surface area (Å²) in [6.07, 6.45) is 0.832. The zero-order valence-electron chi connectivity index (χ0n) is 9.85. The van der Waals surface area contributed by atoms with Crippen LogP contribution in [0.1, 0.15) is 16.7 Å². The number of hydrogen-bond acceptors (Lipinski definition) is 3. The topological polar surface area (TPSA) is 41.5 Å². The maximum Gasteiger partial charge on any atom is 0.125 e. The highest BCUT2D eigenvalue weighted by molar-refractivity contribution is 5.52. The molecular weight excluding hydrogens is 190 g/mol. The van der Waals surface area contributed by atoms with Crippen molar-refractivity contribution in [1.29, 1.82) is 0 Å². The fraction of sp³-hybridized carbons (Fsp3) is 0.500. The van der Waals surface area contributed by atoms with E-state index in [1.54, 1.807) is 7.11 Å². The molecule has 0 aromatic heterocycles. The molecule has 0 spiro atoms. The second-order valence-electron chi connectivity index (χ2n) is 3.70. The summed E-state index contributed by atoms with van der Waals surface area (Å²) in [5.74, 6) is 1.11. The lowest BCUT2D eigenvalue weighted by Crippen LogP contribution is -2.11. The number of phenols is 1. The second-order valence-corrected chi connectivity index (χ2v) is 3.70. The molecule has 0 heterocycles. The first kappa shape index (κ1) is 11.9. The summed E-state index contributed by atoms with van der Waals surface area (Å²) < 4.78 is 5.19. The van der Waals surface area contributed by atoms with Crippen molar-refractivity contribution in [2.45, 2.75) is 20.3 Å². The summed E-state index contributed by atoms with van der Waals surface area (Å²) in [5, 5.41) is 13.1. The van der Waals surface area contributed by atoms with E-state index in [1.165, 1.54) is 0 Å². The van der Waals surface area contributed by atoms with Crippen molar-refractivity contribution < 1.29 is 9.84 Å². The van der Waals surface area contributed by atoms with Crippen LogP contribution in [0.5, 0.6) is 11.5 Å². The average Bonchev–Trinajstić information content (AvgIpc) is 2.23. The smallest absolute Gasteiger partial charge is 0.125 e. The van der Waals surface area contributed by atoms with Crippen LogP contribution in [0, 0.1) is 13.8 Å². The molecule has 0 unspecified atom stereocenters. The van der Waals surface area contributed by atoms with Gasteiger partial charge in [0.05, 0.1) is 7.11 Å². The summed E-state index contributed by atoms with van der Waals surface area (Å²) >= 11 is 0. The molecule has 0 amide bonds. The Hall–Kier alpha value is -1.22. The van der Waals surface area contributed by atoms with Gasteiger partial charge in [-0.25, -0.2) is 0 Å². The molecule has 0 aliphatic heterocycles. The molecule has 0 bridgehead atoms. The Morgan fingerprint density at radius 1 is 1.40 bits per heavy atom. The van der Waals surface area contributed by atoms with Crippen molar-refractivity contribution in [3.05, 3.63) is 22.8 Å². The van der Waals surface area contributed by atoms with Gasteiger partial charge in [-0.05, 0) is 51.1 Å². The molecule has 1 aromatic rings. The maximum atomic E-state index is 10.0. The number of aromatic hydroxyl groups is 1. The molecule has 1 aromatic carbocycles. The van der Waals surface area contributed by atoms with E-state index >= 15 is 0 Å². The normalized spacial score (nSPS) is 10.4. The first-order valence-corrected chi connectivity index (χ1v) is 5.12. The predicted octanol–water partition coefficient (Wildman–Crippen LogP) is 1.78. The lowest BCUT2D eigenvalue weighted by molar-refractivity contribution is 0.400. The SMILES string of the molecule is CNCCc1c(C)cc(OC)c(C)c1O. The number of benzene rings is 1. The molecule has 0 saturated carbocycles. The van der Waals surface area contributed by atoms with E-state index in [-0.39, 0.29) is 0 Å². The molecule has 0 fully saturated rings. The molecule has 0 saturated heterocycles.